The van der Waals surface area contributed by atoms with Gasteiger partial charge in [-0.3, -0.25) is 4.98 Å². The summed E-state index contributed by atoms with van der Waals surface area (Å²) < 4.78 is 6.66. The fourth-order valence-electron chi connectivity index (χ4n) is 1.87. The zero-order chi connectivity index (χ0) is 11.7. The second kappa shape index (κ2) is 3.96. The maximum atomic E-state index is 11.5. The molecule has 0 amide bonds. The third kappa shape index (κ3) is 1.56. The summed E-state index contributed by atoms with van der Waals surface area (Å²) in [5.74, 6) is -0.242. The van der Waals surface area contributed by atoms with Crippen LogP contribution in [0.1, 0.15) is 18.5 Å². The van der Waals surface area contributed by atoms with E-state index >= 15 is 0 Å². The second-order valence-corrected chi connectivity index (χ2v) is 3.81. The van der Waals surface area contributed by atoms with Crippen molar-refractivity contribution in [2.75, 3.05) is 7.11 Å². The molecule has 2 aromatic heterocycles. The highest BCUT2D eigenvalue weighted by Gasteiger charge is 2.17. The van der Waals surface area contributed by atoms with Gasteiger partial charge in [0.15, 0.2) is 0 Å². The van der Waals surface area contributed by atoms with Crippen LogP contribution < -0.4 is 0 Å². The van der Waals surface area contributed by atoms with Gasteiger partial charge in [0.25, 0.3) is 0 Å². The molecule has 2 heterocycles. The van der Waals surface area contributed by atoms with Crippen LogP contribution in [0, 0.1) is 6.92 Å². The first kappa shape index (κ1) is 10.7. The Labute approximate surface area is 93.9 Å². The van der Waals surface area contributed by atoms with Crippen LogP contribution in [-0.2, 0) is 9.53 Å². The molecule has 0 fully saturated rings. The Morgan fingerprint density at radius 1 is 1.56 bits per heavy atom. The smallest absolute Gasteiger partial charge is 0.328 e. The maximum Gasteiger partial charge on any atom is 0.328 e. The predicted molar refractivity (Wildman–Crippen MR) is 61.2 cm³/mol. The molecule has 4 nitrogen and oxygen atoms in total. The number of esters is 1. The minimum Gasteiger partial charge on any atom is -0.467 e. The molecule has 4 heteroatoms. The number of methoxy groups -OCH3 is 1. The largest absolute Gasteiger partial charge is 0.467 e. The molecule has 0 aliphatic carbocycles. The van der Waals surface area contributed by atoms with Crippen LogP contribution in [0.15, 0.2) is 24.7 Å². The SMILES string of the molecule is COC(=O)C(C)n1cc(C)c2cnccc21. The van der Waals surface area contributed by atoms with Gasteiger partial charge >= 0.3 is 5.97 Å². The minimum absolute atomic E-state index is 0.242. The predicted octanol–water partition coefficient (Wildman–Crippen LogP) is 2.08. The Balaban J connectivity index is 2.57. The van der Waals surface area contributed by atoms with Crippen LogP contribution in [0.25, 0.3) is 10.9 Å². The number of hydrogen-bond donors (Lipinski definition) is 0. The molecule has 1 unspecified atom stereocenters. The van der Waals surface area contributed by atoms with Crippen molar-refractivity contribution >= 4 is 16.9 Å². The van der Waals surface area contributed by atoms with Crippen molar-refractivity contribution < 1.29 is 9.53 Å². The number of fused-ring (bicyclic) bond motifs is 1. The molecule has 1 atom stereocenters. The minimum atomic E-state index is -0.316. The lowest BCUT2D eigenvalue weighted by atomic mass is 10.2. The lowest BCUT2D eigenvalue weighted by molar-refractivity contribution is -0.143. The number of aromatic nitrogens is 2. The average Bonchev–Trinajstić information content (AvgIpc) is 2.65. The maximum absolute atomic E-state index is 11.5. The highest BCUT2D eigenvalue weighted by atomic mass is 16.5. The number of ether oxygens (including phenoxy) is 1. The Kier molecular flexibility index (Phi) is 2.64. The first-order valence-corrected chi connectivity index (χ1v) is 5.14. The van der Waals surface area contributed by atoms with E-state index in [1.165, 1.54) is 7.11 Å². The van der Waals surface area contributed by atoms with Crippen molar-refractivity contribution in [2.24, 2.45) is 0 Å². The van der Waals surface area contributed by atoms with E-state index in [-0.39, 0.29) is 12.0 Å². The van der Waals surface area contributed by atoms with Crippen molar-refractivity contribution in [3.63, 3.8) is 0 Å². The summed E-state index contributed by atoms with van der Waals surface area (Å²) in [6.45, 7) is 3.83. The number of rotatable bonds is 2. The highest BCUT2D eigenvalue weighted by Crippen LogP contribution is 2.23. The van der Waals surface area contributed by atoms with Crippen LogP contribution >= 0.6 is 0 Å². The summed E-state index contributed by atoms with van der Waals surface area (Å²) in [7, 11) is 1.40. The number of carbonyl (C=O) groups is 1. The summed E-state index contributed by atoms with van der Waals surface area (Å²) in [6.07, 6.45) is 5.49. The van der Waals surface area contributed by atoms with E-state index in [1.54, 1.807) is 6.20 Å². The van der Waals surface area contributed by atoms with Crippen LogP contribution in [0.4, 0.5) is 0 Å². The van der Waals surface area contributed by atoms with E-state index in [1.807, 2.05) is 36.9 Å². The molecule has 0 aliphatic heterocycles. The molecule has 2 rings (SSSR count). The molecule has 0 saturated carbocycles. The molecule has 0 aromatic carbocycles. The summed E-state index contributed by atoms with van der Waals surface area (Å²) in [5, 5.41) is 1.07. The van der Waals surface area contributed by atoms with E-state index in [2.05, 4.69) is 4.98 Å². The molecule has 2 aromatic rings. The van der Waals surface area contributed by atoms with Gasteiger partial charge in [-0.1, -0.05) is 0 Å². The zero-order valence-electron chi connectivity index (χ0n) is 9.60. The Morgan fingerprint density at radius 3 is 3.00 bits per heavy atom. The van der Waals surface area contributed by atoms with Crippen LogP contribution in [-0.4, -0.2) is 22.6 Å². The number of hydrogen-bond acceptors (Lipinski definition) is 3. The monoisotopic (exact) mass is 218 g/mol. The Morgan fingerprint density at radius 2 is 2.31 bits per heavy atom. The van der Waals surface area contributed by atoms with Gasteiger partial charge in [-0.2, -0.15) is 0 Å². The van der Waals surface area contributed by atoms with E-state index in [4.69, 9.17) is 4.74 Å². The topological polar surface area (TPSA) is 44.1 Å². The Bertz CT molecular complexity index is 531. The van der Waals surface area contributed by atoms with Crippen LogP contribution in [0.3, 0.4) is 0 Å². The normalized spacial score (nSPS) is 12.7. The number of pyridine rings is 1. The fourth-order valence-corrected chi connectivity index (χ4v) is 1.87. The van der Waals surface area contributed by atoms with Gasteiger partial charge in [-0.25, -0.2) is 4.79 Å². The summed E-state index contributed by atoms with van der Waals surface area (Å²) in [6, 6.07) is 1.59. The summed E-state index contributed by atoms with van der Waals surface area (Å²) in [4.78, 5) is 15.6. The molecule has 0 N–H and O–H groups in total. The van der Waals surface area contributed by atoms with Gasteiger partial charge in [-0.05, 0) is 25.5 Å². The number of aryl methyl sites for hydroxylation is 1. The van der Waals surface area contributed by atoms with Gasteiger partial charge in [0.2, 0.25) is 0 Å². The Hall–Kier alpha value is -1.84. The number of nitrogens with zero attached hydrogens (tertiary/aromatic N) is 2. The molecule has 84 valence electrons. The van der Waals surface area contributed by atoms with Gasteiger partial charge in [0, 0.05) is 24.0 Å². The molecule has 0 spiro atoms. The molecule has 16 heavy (non-hydrogen) atoms. The third-order valence-corrected chi connectivity index (χ3v) is 2.79. The molecule has 0 bridgehead atoms. The first-order chi connectivity index (χ1) is 7.65. The van der Waals surface area contributed by atoms with Gasteiger partial charge in [-0.15, -0.1) is 0 Å². The molecule has 0 saturated heterocycles. The lowest BCUT2D eigenvalue weighted by Crippen LogP contribution is -2.16. The average molecular weight is 218 g/mol. The van der Waals surface area contributed by atoms with Crippen molar-refractivity contribution in [3.05, 3.63) is 30.2 Å². The third-order valence-electron chi connectivity index (χ3n) is 2.79. The summed E-state index contributed by atoms with van der Waals surface area (Å²) >= 11 is 0. The van der Waals surface area contributed by atoms with E-state index in [9.17, 15) is 4.79 Å². The molecule has 0 aliphatic rings. The standard InChI is InChI=1S/C12H14N2O2/c1-8-7-14(9(2)12(15)16-3)11-4-5-13-6-10(8)11/h4-7,9H,1-3H3. The quantitative estimate of drug-likeness (QED) is 0.725. The van der Waals surface area contributed by atoms with Crippen LogP contribution in [0.2, 0.25) is 0 Å². The zero-order valence-corrected chi connectivity index (χ0v) is 9.60. The molecular weight excluding hydrogens is 204 g/mol. The van der Waals surface area contributed by atoms with Crippen molar-refractivity contribution in [3.8, 4) is 0 Å². The van der Waals surface area contributed by atoms with Crippen molar-refractivity contribution in [1.82, 2.24) is 9.55 Å². The number of carbonyl (C=O) groups excluding carboxylic acids is 1. The second-order valence-electron chi connectivity index (χ2n) is 3.81. The van der Waals surface area contributed by atoms with Crippen molar-refractivity contribution in [1.29, 1.82) is 0 Å². The van der Waals surface area contributed by atoms with Crippen LogP contribution in [0.5, 0.6) is 0 Å². The molecule has 0 radical (unpaired) electrons. The van der Waals surface area contributed by atoms with Gasteiger partial charge < -0.3 is 9.30 Å². The highest BCUT2D eigenvalue weighted by molar-refractivity contribution is 5.85. The van der Waals surface area contributed by atoms with Crippen molar-refractivity contribution in [2.45, 2.75) is 19.9 Å². The summed E-state index contributed by atoms with van der Waals surface area (Å²) in [5.41, 5.74) is 2.12. The fraction of sp³-hybridized carbons (Fsp3) is 0.333. The lowest BCUT2D eigenvalue weighted by Gasteiger charge is -2.12. The first-order valence-electron chi connectivity index (χ1n) is 5.14. The van der Waals surface area contributed by atoms with Gasteiger partial charge in [0.1, 0.15) is 6.04 Å². The van der Waals surface area contributed by atoms with E-state index in [0.717, 1.165) is 16.5 Å². The van der Waals surface area contributed by atoms with E-state index in [0.29, 0.717) is 0 Å². The van der Waals surface area contributed by atoms with Gasteiger partial charge in [0.05, 0.1) is 12.6 Å². The molecular formula is C12H14N2O2. The van der Waals surface area contributed by atoms with E-state index < -0.39 is 0 Å².